The summed E-state index contributed by atoms with van der Waals surface area (Å²) < 4.78 is 15.9. The highest BCUT2D eigenvalue weighted by Crippen LogP contribution is 2.53. The summed E-state index contributed by atoms with van der Waals surface area (Å²) in [5.41, 5.74) is 13.8. The molecular weight excluding hydrogens is 701 g/mol. The predicted octanol–water partition coefficient (Wildman–Crippen LogP) is 15.8. The Morgan fingerprint density at radius 3 is 1.73 bits per heavy atom. The summed E-state index contributed by atoms with van der Waals surface area (Å²) in [6.07, 6.45) is 0. The minimum atomic E-state index is -0.0665. The molecule has 9 aromatic carbocycles. The Balaban J connectivity index is 1.06. The minimum absolute atomic E-state index is 0.0665. The molecule has 3 heteroatoms. The van der Waals surface area contributed by atoms with Gasteiger partial charge in [0.2, 0.25) is 0 Å². The van der Waals surface area contributed by atoms with Crippen LogP contribution in [0.1, 0.15) is 25.0 Å². The minimum Gasteiger partial charge on any atom is -0.456 e. The fourth-order valence-corrected chi connectivity index (χ4v) is 11.3. The van der Waals surface area contributed by atoms with Crippen LogP contribution in [0.4, 0.5) is 0 Å². The Morgan fingerprint density at radius 2 is 0.964 bits per heavy atom. The second-order valence-corrected chi connectivity index (χ2v) is 17.0. The lowest BCUT2D eigenvalue weighted by Gasteiger charge is -2.21. The van der Waals surface area contributed by atoms with Gasteiger partial charge >= 0.3 is 0 Å². The lowest BCUT2D eigenvalue weighted by molar-refractivity contribution is 0.656. The van der Waals surface area contributed by atoms with E-state index in [1.807, 2.05) is 11.3 Å². The summed E-state index contributed by atoms with van der Waals surface area (Å²) >= 11 is 1.85. The van der Waals surface area contributed by atoms with Crippen LogP contribution in [0.3, 0.4) is 0 Å². The van der Waals surface area contributed by atoms with Crippen molar-refractivity contribution in [3.05, 3.63) is 169 Å². The molecule has 1 aliphatic carbocycles. The average Bonchev–Trinajstić information content (AvgIpc) is 3.97. The van der Waals surface area contributed by atoms with Gasteiger partial charge in [-0.05, 0) is 115 Å². The molecule has 2 nitrogen and oxygen atoms in total. The first-order valence-corrected chi connectivity index (χ1v) is 20.1. The van der Waals surface area contributed by atoms with Crippen LogP contribution in [0.5, 0.6) is 0 Å². The van der Waals surface area contributed by atoms with Gasteiger partial charge in [-0.3, -0.25) is 0 Å². The monoisotopic (exact) mass is 732 g/mol. The Bertz CT molecular complexity index is 3630. The molecule has 0 N–H and O–H groups in total. The van der Waals surface area contributed by atoms with Gasteiger partial charge in [0.1, 0.15) is 22.3 Å². The van der Waals surface area contributed by atoms with Crippen molar-refractivity contribution in [2.24, 2.45) is 0 Å². The van der Waals surface area contributed by atoms with Crippen molar-refractivity contribution in [3.63, 3.8) is 0 Å². The van der Waals surface area contributed by atoms with Gasteiger partial charge in [-0.25, -0.2) is 0 Å². The molecule has 3 aromatic heterocycles. The molecule has 0 saturated carbocycles. The van der Waals surface area contributed by atoms with E-state index in [1.165, 1.54) is 91.4 Å². The Kier molecular flexibility index (Phi) is 5.88. The molecule has 0 unspecified atom stereocenters. The Hall–Kier alpha value is -6.68. The molecule has 0 spiro atoms. The van der Waals surface area contributed by atoms with E-state index >= 15 is 0 Å². The smallest absolute Gasteiger partial charge is 0.136 e. The van der Waals surface area contributed by atoms with Crippen molar-refractivity contribution >= 4 is 96.9 Å². The summed E-state index contributed by atoms with van der Waals surface area (Å²) in [5, 5.41) is 12.2. The van der Waals surface area contributed by atoms with E-state index in [0.717, 1.165) is 38.7 Å². The van der Waals surface area contributed by atoms with E-state index in [-0.39, 0.29) is 5.41 Å². The first kappa shape index (κ1) is 30.6. The molecule has 0 fully saturated rings. The number of hydrogen-bond acceptors (Lipinski definition) is 3. The van der Waals surface area contributed by atoms with Crippen molar-refractivity contribution in [2.45, 2.75) is 19.3 Å². The van der Waals surface area contributed by atoms with Gasteiger partial charge in [0.05, 0.1) is 0 Å². The fourth-order valence-electron chi connectivity index (χ4n) is 10.2. The first-order valence-electron chi connectivity index (χ1n) is 19.3. The van der Waals surface area contributed by atoms with Gasteiger partial charge in [-0.2, -0.15) is 0 Å². The molecule has 12 aromatic rings. The van der Waals surface area contributed by atoms with E-state index in [1.54, 1.807) is 0 Å². The van der Waals surface area contributed by atoms with Crippen LogP contribution in [0.25, 0.3) is 119 Å². The molecule has 0 radical (unpaired) electrons. The maximum Gasteiger partial charge on any atom is 0.136 e. The fraction of sp³-hybridized carbons (Fsp3) is 0.0566. The molecule has 0 bridgehead atoms. The number of furan rings is 2. The van der Waals surface area contributed by atoms with Crippen LogP contribution in [-0.4, -0.2) is 0 Å². The molecule has 0 amide bonds. The summed E-state index contributed by atoms with van der Waals surface area (Å²) in [6.45, 7) is 4.67. The zero-order chi connectivity index (χ0) is 36.9. The predicted molar refractivity (Wildman–Crippen MR) is 237 cm³/mol. The Labute approximate surface area is 325 Å². The summed E-state index contributed by atoms with van der Waals surface area (Å²) in [5.74, 6) is 0. The van der Waals surface area contributed by atoms with Crippen LogP contribution in [-0.2, 0) is 5.41 Å². The van der Waals surface area contributed by atoms with Crippen LogP contribution >= 0.6 is 11.3 Å². The average molecular weight is 733 g/mol. The number of rotatable bonds is 2. The molecule has 56 heavy (non-hydrogen) atoms. The number of hydrogen-bond donors (Lipinski definition) is 0. The van der Waals surface area contributed by atoms with Gasteiger partial charge in [0.15, 0.2) is 0 Å². The number of fused-ring (bicyclic) bond motifs is 16. The largest absolute Gasteiger partial charge is 0.456 e. The molecule has 13 rings (SSSR count). The van der Waals surface area contributed by atoms with E-state index in [2.05, 4.69) is 172 Å². The van der Waals surface area contributed by atoms with Gasteiger partial charge in [-0.1, -0.05) is 123 Å². The van der Waals surface area contributed by atoms with E-state index in [4.69, 9.17) is 8.83 Å². The second-order valence-electron chi connectivity index (χ2n) is 15.9. The maximum atomic E-state index is 6.75. The zero-order valence-electron chi connectivity index (χ0n) is 30.7. The third kappa shape index (κ3) is 3.90. The quantitative estimate of drug-likeness (QED) is 0.165. The maximum absolute atomic E-state index is 6.75. The third-order valence-electron chi connectivity index (χ3n) is 12.7. The first-order chi connectivity index (χ1) is 27.5. The van der Waals surface area contributed by atoms with Crippen molar-refractivity contribution in [1.82, 2.24) is 0 Å². The lowest BCUT2D eigenvalue weighted by Crippen LogP contribution is -2.14. The molecule has 0 aliphatic heterocycles. The van der Waals surface area contributed by atoms with Crippen molar-refractivity contribution in [3.8, 4) is 33.4 Å². The van der Waals surface area contributed by atoms with Crippen LogP contribution in [0, 0.1) is 0 Å². The van der Waals surface area contributed by atoms with E-state index in [0.29, 0.717) is 0 Å². The highest BCUT2D eigenvalue weighted by Gasteiger charge is 2.37. The molecule has 0 atom stereocenters. The zero-order valence-corrected chi connectivity index (χ0v) is 31.6. The second kappa shape index (κ2) is 10.8. The third-order valence-corrected chi connectivity index (χ3v) is 13.8. The summed E-state index contributed by atoms with van der Waals surface area (Å²) in [4.78, 5) is 0. The van der Waals surface area contributed by atoms with Gasteiger partial charge in [0.25, 0.3) is 0 Å². The van der Waals surface area contributed by atoms with Crippen LogP contribution < -0.4 is 0 Å². The van der Waals surface area contributed by atoms with Gasteiger partial charge in [0, 0.05) is 47.1 Å². The molecule has 1 aliphatic rings. The number of thiophene rings is 1. The van der Waals surface area contributed by atoms with Crippen molar-refractivity contribution in [2.75, 3.05) is 0 Å². The van der Waals surface area contributed by atoms with Gasteiger partial charge in [-0.15, -0.1) is 11.3 Å². The molecule has 262 valence electrons. The summed E-state index contributed by atoms with van der Waals surface area (Å²) in [6, 6.07) is 57.8. The number of benzene rings is 9. The molecular formula is C53H32O2S. The van der Waals surface area contributed by atoms with E-state index in [9.17, 15) is 0 Å². The van der Waals surface area contributed by atoms with E-state index < -0.39 is 0 Å². The Morgan fingerprint density at radius 1 is 0.375 bits per heavy atom. The van der Waals surface area contributed by atoms with Crippen molar-refractivity contribution in [1.29, 1.82) is 0 Å². The lowest BCUT2D eigenvalue weighted by atomic mass is 9.82. The molecule has 0 saturated heterocycles. The standard InChI is InChI=1S/C53H32O2S/c1-53(2)39-17-9-7-15-35(39)49-40(53)22-24-42-50(49)36-21-19-30(28-44(36)55-42)48-33-13-5-3-11-31(33)47(32-12-4-6-14-34(32)48)29-20-23-41-38(27-29)51-43(54-41)25-26-46-52(51)37-16-8-10-18-45(37)56-46/h3-28H,1-2H3. The normalized spacial score (nSPS) is 13.7. The topological polar surface area (TPSA) is 26.3 Å². The SMILES string of the molecule is CC1(C)c2ccccc2-c2c1ccc1oc3cc(-c4c5ccccc5c(-c5ccc6oc7ccc8sc9ccccc9c8c7c6c5)c5ccccc45)ccc3c21. The van der Waals surface area contributed by atoms with Crippen molar-refractivity contribution < 1.29 is 8.83 Å². The highest BCUT2D eigenvalue weighted by molar-refractivity contribution is 7.26. The molecule has 3 heterocycles. The van der Waals surface area contributed by atoms with Crippen LogP contribution in [0.2, 0.25) is 0 Å². The van der Waals surface area contributed by atoms with Crippen LogP contribution in [0.15, 0.2) is 167 Å². The van der Waals surface area contributed by atoms with Gasteiger partial charge < -0.3 is 8.83 Å². The highest BCUT2D eigenvalue weighted by atomic mass is 32.1. The summed E-state index contributed by atoms with van der Waals surface area (Å²) in [7, 11) is 0.